The largest absolute Gasteiger partial charge is 0.468 e. The predicted molar refractivity (Wildman–Crippen MR) is 69.6 cm³/mol. The second kappa shape index (κ2) is 9.05. The molecule has 0 bridgehead atoms. The summed E-state index contributed by atoms with van der Waals surface area (Å²) in [6.07, 6.45) is 0.816. The summed E-state index contributed by atoms with van der Waals surface area (Å²) >= 11 is 0. The molecule has 1 fully saturated rings. The number of piperazine rings is 1. The lowest BCUT2D eigenvalue weighted by Gasteiger charge is -2.38. The van der Waals surface area contributed by atoms with Crippen LogP contribution in [0.25, 0.3) is 0 Å². The fraction of sp³-hybridized carbons (Fsp3) is 0.900. The van der Waals surface area contributed by atoms with Crippen LogP contribution in [0.3, 0.4) is 0 Å². The third kappa shape index (κ3) is 4.45. The van der Waals surface area contributed by atoms with Crippen LogP contribution >= 0.6 is 24.8 Å². The molecule has 1 unspecified atom stereocenters. The summed E-state index contributed by atoms with van der Waals surface area (Å²) in [7, 11) is 1.46. The van der Waals surface area contributed by atoms with Crippen molar-refractivity contribution in [2.45, 2.75) is 32.4 Å². The summed E-state index contributed by atoms with van der Waals surface area (Å²) in [5.74, 6) is -0.110. The SMILES string of the molecule is CCC(C(=O)OC)N1CCNC[C@@H]1C.Cl.Cl. The van der Waals surface area contributed by atoms with E-state index in [0.29, 0.717) is 6.04 Å². The molecule has 6 heteroatoms. The number of carbonyl (C=O) groups excluding carboxylic acids is 1. The Bertz CT molecular complexity index is 205. The normalized spacial score (nSPS) is 22.6. The average Bonchev–Trinajstić information content (AvgIpc) is 2.21. The monoisotopic (exact) mass is 272 g/mol. The molecule has 4 nitrogen and oxygen atoms in total. The Kier molecular flexibility index (Phi) is 10.4. The molecule has 0 aromatic carbocycles. The Balaban J connectivity index is 0. The lowest BCUT2D eigenvalue weighted by atomic mass is 10.1. The van der Waals surface area contributed by atoms with Gasteiger partial charge in [0.2, 0.25) is 0 Å². The number of hydrogen-bond donors (Lipinski definition) is 1. The van der Waals surface area contributed by atoms with Crippen LogP contribution in [0.15, 0.2) is 0 Å². The highest BCUT2D eigenvalue weighted by atomic mass is 35.5. The van der Waals surface area contributed by atoms with Gasteiger partial charge in [-0.3, -0.25) is 9.69 Å². The van der Waals surface area contributed by atoms with E-state index in [1.165, 1.54) is 7.11 Å². The van der Waals surface area contributed by atoms with Gasteiger partial charge >= 0.3 is 5.97 Å². The lowest BCUT2D eigenvalue weighted by Crippen LogP contribution is -2.56. The van der Waals surface area contributed by atoms with E-state index in [9.17, 15) is 4.79 Å². The van der Waals surface area contributed by atoms with Crippen LogP contribution in [0, 0.1) is 0 Å². The summed E-state index contributed by atoms with van der Waals surface area (Å²) in [6.45, 7) is 6.99. The van der Waals surface area contributed by atoms with E-state index in [-0.39, 0.29) is 36.8 Å². The number of ether oxygens (including phenoxy) is 1. The zero-order valence-corrected chi connectivity index (χ0v) is 11.7. The maximum absolute atomic E-state index is 11.5. The number of nitrogens with zero attached hydrogens (tertiary/aromatic N) is 1. The molecule has 1 heterocycles. The number of rotatable bonds is 3. The lowest BCUT2D eigenvalue weighted by molar-refractivity contribution is -0.148. The number of esters is 1. The summed E-state index contributed by atoms with van der Waals surface area (Å²) < 4.78 is 4.80. The van der Waals surface area contributed by atoms with Gasteiger partial charge in [-0.15, -0.1) is 24.8 Å². The van der Waals surface area contributed by atoms with E-state index in [2.05, 4.69) is 17.1 Å². The van der Waals surface area contributed by atoms with E-state index < -0.39 is 0 Å². The molecular weight excluding hydrogens is 251 g/mol. The van der Waals surface area contributed by atoms with Gasteiger partial charge in [0.25, 0.3) is 0 Å². The fourth-order valence-electron chi connectivity index (χ4n) is 1.99. The van der Waals surface area contributed by atoms with Crippen molar-refractivity contribution < 1.29 is 9.53 Å². The predicted octanol–water partition coefficient (Wildman–Crippen LogP) is 1.08. The van der Waals surface area contributed by atoms with E-state index >= 15 is 0 Å². The standard InChI is InChI=1S/C10H20N2O2.2ClH/c1-4-9(10(13)14-3)12-6-5-11-7-8(12)2;;/h8-9,11H,4-7H2,1-3H3;2*1H/t8-,9?;;/m0../s1. The quantitative estimate of drug-likeness (QED) is 0.781. The number of methoxy groups -OCH3 is 1. The van der Waals surface area contributed by atoms with Crippen LogP contribution in [0.5, 0.6) is 0 Å². The number of hydrogen-bond acceptors (Lipinski definition) is 4. The van der Waals surface area contributed by atoms with E-state index in [1.807, 2.05) is 6.92 Å². The molecule has 16 heavy (non-hydrogen) atoms. The zero-order valence-electron chi connectivity index (χ0n) is 10.1. The van der Waals surface area contributed by atoms with Crippen molar-refractivity contribution in [3.63, 3.8) is 0 Å². The smallest absolute Gasteiger partial charge is 0.323 e. The first-order valence-electron chi connectivity index (χ1n) is 5.25. The highest BCUT2D eigenvalue weighted by Crippen LogP contribution is 2.12. The molecule has 0 radical (unpaired) electrons. The summed E-state index contributed by atoms with van der Waals surface area (Å²) in [5.41, 5.74) is 0. The third-order valence-electron chi connectivity index (χ3n) is 2.81. The van der Waals surface area contributed by atoms with Gasteiger partial charge in [-0.25, -0.2) is 0 Å². The first-order chi connectivity index (χ1) is 6.70. The van der Waals surface area contributed by atoms with Crippen LogP contribution in [-0.2, 0) is 9.53 Å². The molecule has 1 rings (SSSR count). The van der Waals surface area contributed by atoms with Gasteiger partial charge < -0.3 is 10.1 Å². The zero-order chi connectivity index (χ0) is 10.6. The highest BCUT2D eigenvalue weighted by Gasteiger charge is 2.30. The number of nitrogens with one attached hydrogen (secondary N) is 1. The molecule has 2 atom stereocenters. The minimum absolute atomic E-state index is 0. The number of carbonyl (C=O) groups is 1. The van der Waals surface area contributed by atoms with Crippen LogP contribution in [0.4, 0.5) is 0 Å². The fourth-order valence-corrected chi connectivity index (χ4v) is 1.99. The summed E-state index contributed by atoms with van der Waals surface area (Å²) in [6, 6.07) is 0.338. The molecule has 0 aromatic heterocycles. The number of halogens is 2. The molecule has 1 aliphatic heterocycles. The van der Waals surface area contributed by atoms with Crippen LogP contribution < -0.4 is 5.32 Å². The van der Waals surface area contributed by atoms with Crippen molar-refractivity contribution in [2.75, 3.05) is 26.7 Å². The van der Waals surface area contributed by atoms with Crippen molar-refractivity contribution >= 4 is 30.8 Å². The highest BCUT2D eigenvalue weighted by molar-refractivity contribution is 5.85. The van der Waals surface area contributed by atoms with Gasteiger partial charge in [0.05, 0.1) is 7.11 Å². The van der Waals surface area contributed by atoms with Gasteiger partial charge in [0, 0.05) is 25.7 Å². The Morgan fingerprint density at radius 2 is 2.19 bits per heavy atom. The summed E-state index contributed by atoms with van der Waals surface area (Å²) in [4.78, 5) is 13.7. The van der Waals surface area contributed by atoms with E-state index in [4.69, 9.17) is 4.74 Å². The van der Waals surface area contributed by atoms with Crippen LogP contribution in [-0.4, -0.2) is 49.7 Å². The first kappa shape index (κ1) is 18.3. The summed E-state index contributed by atoms with van der Waals surface area (Å²) in [5, 5.41) is 3.31. The first-order valence-corrected chi connectivity index (χ1v) is 5.25. The Morgan fingerprint density at radius 1 is 1.56 bits per heavy atom. The minimum atomic E-state index is -0.110. The topological polar surface area (TPSA) is 41.6 Å². The second-order valence-electron chi connectivity index (χ2n) is 3.74. The van der Waals surface area contributed by atoms with Gasteiger partial charge in [-0.05, 0) is 13.3 Å². The Labute approximate surface area is 110 Å². The van der Waals surface area contributed by atoms with Gasteiger partial charge in [-0.2, -0.15) is 0 Å². The molecule has 1 N–H and O–H groups in total. The Morgan fingerprint density at radius 3 is 2.62 bits per heavy atom. The molecule has 0 saturated carbocycles. The van der Waals surface area contributed by atoms with Crippen molar-refractivity contribution in [3.05, 3.63) is 0 Å². The van der Waals surface area contributed by atoms with Crippen molar-refractivity contribution in [3.8, 4) is 0 Å². The molecule has 0 amide bonds. The van der Waals surface area contributed by atoms with Gasteiger partial charge in [0.1, 0.15) is 6.04 Å². The van der Waals surface area contributed by atoms with E-state index in [1.54, 1.807) is 0 Å². The molecule has 0 aromatic rings. The maximum atomic E-state index is 11.5. The molecule has 1 aliphatic rings. The molecule has 0 aliphatic carbocycles. The minimum Gasteiger partial charge on any atom is -0.468 e. The van der Waals surface area contributed by atoms with Gasteiger partial charge in [-0.1, -0.05) is 6.92 Å². The molecule has 0 spiro atoms. The van der Waals surface area contributed by atoms with Crippen molar-refractivity contribution in [2.24, 2.45) is 0 Å². The molecular formula is C10H22Cl2N2O2. The third-order valence-corrected chi connectivity index (χ3v) is 2.81. The van der Waals surface area contributed by atoms with Crippen molar-refractivity contribution in [1.29, 1.82) is 0 Å². The Hall–Kier alpha value is -0.0300. The average molecular weight is 273 g/mol. The molecule has 1 saturated heterocycles. The van der Waals surface area contributed by atoms with Crippen LogP contribution in [0.2, 0.25) is 0 Å². The molecule has 98 valence electrons. The van der Waals surface area contributed by atoms with Gasteiger partial charge in [0.15, 0.2) is 0 Å². The van der Waals surface area contributed by atoms with Crippen LogP contribution in [0.1, 0.15) is 20.3 Å². The maximum Gasteiger partial charge on any atom is 0.323 e. The van der Waals surface area contributed by atoms with E-state index in [0.717, 1.165) is 26.1 Å². The second-order valence-corrected chi connectivity index (χ2v) is 3.74. The van der Waals surface area contributed by atoms with Crippen molar-refractivity contribution in [1.82, 2.24) is 10.2 Å².